The number of hydrogen-bond donors (Lipinski definition) is 1. The highest BCUT2D eigenvalue weighted by atomic mass is 35.5. The molecule has 0 amide bonds. The maximum Gasteiger partial charge on any atom is 0.417 e. The van der Waals surface area contributed by atoms with Crippen molar-refractivity contribution in [1.29, 1.82) is 0 Å². The van der Waals surface area contributed by atoms with Crippen LogP contribution < -0.4 is 5.32 Å². The van der Waals surface area contributed by atoms with E-state index < -0.39 is 21.8 Å². The first-order chi connectivity index (χ1) is 13.1. The first-order valence-electron chi connectivity index (χ1n) is 8.66. The van der Waals surface area contributed by atoms with Gasteiger partial charge in [0.25, 0.3) is 0 Å². The first kappa shape index (κ1) is 20.9. The molecule has 1 aromatic carbocycles. The van der Waals surface area contributed by atoms with E-state index in [2.05, 4.69) is 10.3 Å². The summed E-state index contributed by atoms with van der Waals surface area (Å²) in [5, 5.41) is 2.90. The number of rotatable bonds is 5. The summed E-state index contributed by atoms with van der Waals surface area (Å²) in [5.41, 5.74) is -0.187. The van der Waals surface area contributed by atoms with Crippen molar-refractivity contribution in [3.8, 4) is 0 Å². The third-order valence-electron chi connectivity index (χ3n) is 4.55. The first-order valence-corrected chi connectivity index (χ1v) is 10.6. The van der Waals surface area contributed by atoms with Gasteiger partial charge in [-0.2, -0.15) is 13.2 Å². The van der Waals surface area contributed by atoms with Crippen LogP contribution in [0.4, 0.5) is 19.0 Å². The number of nitrogens with one attached hydrogen (secondary N) is 1. The molecule has 1 N–H and O–H groups in total. The topological polar surface area (TPSA) is 62.3 Å². The van der Waals surface area contributed by atoms with E-state index in [0.29, 0.717) is 25.9 Å². The lowest BCUT2D eigenvalue weighted by atomic mass is 10.1. The van der Waals surface area contributed by atoms with Gasteiger partial charge in [0, 0.05) is 25.3 Å². The zero-order chi connectivity index (χ0) is 20.4. The second kappa shape index (κ2) is 8.26. The molecule has 1 aliphatic heterocycles. The number of pyridine rings is 1. The van der Waals surface area contributed by atoms with Crippen LogP contribution in [-0.2, 0) is 22.0 Å². The van der Waals surface area contributed by atoms with Crippen LogP contribution >= 0.6 is 11.6 Å². The minimum atomic E-state index is -4.51. The van der Waals surface area contributed by atoms with E-state index in [1.807, 2.05) is 6.07 Å². The zero-order valence-electron chi connectivity index (χ0n) is 14.8. The van der Waals surface area contributed by atoms with E-state index in [-0.39, 0.29) is 22.6 Å². The zero-order valence-corrected chi connectivity index (χ0v) is 16.4. The smallest absolute Gasteiger partial charge is 0.366 e. The van der Waals surface area contributed by atoms with Gasteiger partial charge >= 0.3 is 6.18 Å². The van der Waals surface area contributed by atoms with Crippen LogP contribution in [-0.4, -0.2) is 36.8 Å². The fraction of sp³-hybridized carbons (Fsp3) is 0.389. The summed E-state index contributed by atoms with van der Waals surface area (Å²) in [5.74, 6) is 0.110. The highest BCUT2D eigenvalue weighted by Gasteiger charge is 2.32. The van der Waals surface area contributed by atoms with Gasteiger partial charge in [0.15, 0.2) is 0 Å². The monoisotopic (exact) mass is 433 g/mol. The number of halogens is 4. The van der Waals surface area contributed by atoms with Gasteiger partial charge in [0.1, 0.15) is 5.82 Å². The summed E-state index contributed by atoms with van der Waals surface area (Å²) >= 11 is 5.91. The molecule has 2 heterocycles. The molecule has 3 rings (SSSR count). The number of sulfonamides is 1. The van der Waals surface area contributed by atoms with Crippen LogP contribution in [0.2, 0.25) is 5.02 Å². The van der Waals surface area contributed by atoms with Crippen LogP contribution in [0.3, 0.4) is 0 Å². The average Bonchev–Trinajstić information content (AvgIpc) is 2.63. The molecule has 0 aliphatic carbocycles. The fourth-order valence-electron chi connectivity index (χ4n) is 3.05. The molecule has 1 aliphatic rings. The Labute approximate surface area is 166 Å². The van der Waals surface area contributed by atoms with E-state index in [0.717, 1.165) is 17.8 Å². The van der Waals surface area contributed by atoms with Gasteiger partial charge in [-0.15, -0.1) is 0 Å². The number of aromatic nitrogens is 1. The summed E-state index contributed by atoms with van der Waals surface area (Å²) in [6.07, 6.45) is -2.76. The fourth-order valence-corrected chi connectivity index (χ4v) is 4.83. The van der Waals surface area contributed by atoms with Crippen molar-refractivity contribution in [2.75, 3.05) is 18.4 Å². The van der Waals surface area contributed by atoms with Crippen LogP contribution in [0.25, 0.3) is 0 Å². The minimum absolute atomic E-state index is 0.0573. The standard InChI is InChI=1S/C18H19ClF3N3O2S/c19-16-10-14(18(20,21)22)11-23-17(16)24-15-6-8-25(9-7-15)28(26,27)12-13-4-2-1-3-5-13/h1-5,10-11,15H,6-9,12H2,(H,23,24). The number of piperidine rings is 1. The Bertz CT molecular complexity index is 915. The maximum absolute atomic E-state index is 12.7. The van der Waals surface area contributed by atoms with Gasteiger partial charge in [0.05, 0.1) is 16.3 Å². The van der Waals surface area contributed by atoms with Crippen molar-refractivity contribution >= 4 is 27.4 Å². The van der Waals surface area contributed by atoms with E-state index in [9.17, 15) is 21.6 Å². The van der Waals surface area contributed by atoms with Crippen molar-refractivity contribution in [2.45, 2.75) is 30.8 Å². The highest BCUT2D eigenvalue weighted by molar-refractivity contribution is 7.88. The highest BCUT2D eigenvalue weighted by Crippen LogP contribution is 2.33. The second-order valence-electron chi connectivity index (χ2n) is 6.61. The van der Waals surface area contributed by atoms with E-state index in [1.165, 1.54) is 4.31 Å². The Balaban J connectivity index is 1.58. The van der Waals surface area contributed by atoms with Gasteiger partial charge in [-0.3, -0.25) is 0 Å². The Hall–Kier alpha value is -1.84. The summed E-state index contributed by atoms with van der Waals surface area (Å²) in [7, 11) is -3.42. The lowest BCUT2D eigenvalue weighted by molar-refractivity contribution is -0.137. The van der Waals surface area contributed by atoms with Gasteiger partial charge < -0.3 is 5.32 Å². The third kappa shape index (κ3) is 5.15. The third-order valence-corrected chi connectivity index (χ3v) is 6.69. The Morgan fingerprint density at radius 3 is 2.39 bits per heavy atom. The summed E-state index contributed by atoms with van der Waals surface area (Å²) in [6, 6.07) is 9.66. The van der Waals surface area contributed by atoms with Crippen molar-refractivity contribution in [3.63, 3.8) is 0 Å². The normalized spacial score (nSPS) is 16.9. The molecule has 0 atom stereocenters. The second-order valence-corrected chi connectivity index (χ2v) is 8.99. The van der Waals surface area contributed by atoms with Crippen molar-refractivity contribution in [2.24, 2.45) is 0 Å². The van der Waals surface area contributed by atoms with E-state index in [1.54, 1.807) is 24.3 Å². The molecular weight excluding hydrogens is 415 g/mol. The lowest BCUT2D eigenvalue weighted by Crippen LogP contribution is -2.42. The van der Waals surface area contributed by atoms with Crippen LogP contribution in [0.15, 0.2) is 42.6 Å². The maximum atomic E-state index is 12.7. The van der Waals surface area contributed by atoms with Gasteiger partial charge in [-0.25, -0.2) is 17.7 Å². The van der Waals surface area contributed by atoms with E-state index >= 15 is 0 Å². The molecule has 0 bridgehead atoms. The summed E-state index contributed by atoms with van der Waals surface area (Å²) in [6.45, 7) is 0.649. The number of nitrogens with zero attached hydrogens (tertiary/aromatic N) is 2. The summed E-state index contributed by atoms with van der Waals surface area (Å²) < 4.78 is 64.6. The molecule has 0 radical (unpaired) electrons. The van der Waals surface area contributed by atoms with Gasteiger partial charge in [0.2, 0.25) is 10.0 Å². The lowest BCUT2D eigenvalue weighted by Gasteiger charge is -2.32. The minimum Gasteiger partial charge on any atom is -0.366 e. The summed E-state index contributed by atoms with van der Waals surface area (Å²) in [4.78, 5) is 3.77. The van der Waals surface area contributed by atoms with Crippen LogP contribution in [0.5, 0.6) is 0 Å². The number of alkyl halides is 3. The quantitative estimate of drug-likeness (QED) is 0.769. The average molecular weight is 434 g/mol. The van der Waals surface area contributed by atoms with Crippen LogP contribution in [0, 0.1) is 0 Å². The molecule has 1 saturated heterocycles. The van der Waals surface area contributed by atoms with Crippen molar-refractivity contribution in [3.05, 3.63) is 58.7 Å². The van der Waals surface area contributed by atoms with Crippen LogP contribution in [0.1, 0.15) is 24.0 Å². The van der Waals surface area contributed by atoms with Crippen molar-refractivity contribution in [1.82, 2.24) is 9.29 Å². The molecule has 10 heteroatoms. The molecule has 28 heavy (non-hydrogen) atoms. The SMILES string of the molecule is O=S(=O)(Cc1ccccc1)N1CCC(Nc2ncc(C(F)(F)F)cc2Cl)CC1. The van der Waals surface area contributed by atoms with Crippen molar-refractivity contribution < 1.29 is 21.6 Å². The molecule has 0 unspecified atom stereocenters. The Kier molecular flexibility index (Phi) is 6.16. The molecule has 1 fully saturated rings. The predicted octanol–water partition coefficient (Wildman–Crippen LogP) is 4.16. The molecule has 5 nitrogen and oxygen atoms in total. The van der Waals surface area contributed by atoms with E-state index in [4.69, 9.17) is 11.6 Å². The number of hydrogen-bond acceptors (Lipinski definition) is 4. The molecule has 2 aromatic rings. The molecule has 152 valence electrons. The Morgan fingerprint density at radius 1 is 1.18 bits per heavy atom. The molecule has 1 aromatic heterocycles. The number of anilines is 1. The Morgan fingerprint density at radius 2 is 1.82 bits per heavy atom. The predicted molar refractivity (Wildman–Crippen MR) is 102 cm³/mol. The largest absolute Gasteiger partial charge is 0.417 e. The van der Waals surface area contributed by atoms with Gasteiger partial charge in [-0.05, 0) is 24.5 Å². The molecular formula is C18H19ClF3N3O2S. The van der Waals surface area contributed by atoms with Gasteiger partial charge in [-0.1, -0.05) is 41.9 Å². The number of benzene rings is 1. The molecule has 0 spiro atoms. The molecule has 0 saturated carbocycles.